The van der Waals surface area contributed by atoms with Crippen LogP contribution in [-0.2, 0) is 9.59 Å². The fraction of sp³-hybridized carbons (Fsp3) is 0.500. The number of nitrogens with zero attached hydrogens (tertiary/aromatic N) is 2. The third-order valence-corrected chi connectivity index (χ3v) is 5.79. The van der Waals surface area contributed by atoms with Crippen molar-refractivity contribution in [3.05, 3.63) is 30.2 Å². The fourth-order valence-corrected chi connectivity index (χ4v) is 3.92. The lowest BCUT2D eigenvalue weighted by Gasteiger charge is -2.33. The minimum Gasteiger partial charge on any atom is -0.497 e. The van der Waals surface area contributed by atoms with Gasteiger partial charge in [-0.05, 0) is 43.5 Å². The van der Waals surface area contributed by atoms with Crippen LogP contribution in [0.25, 0.3) is 11.5 Å². The highest BCUT2D eigenvalue weighted by Crippen LogP contribution is 2.36. The highest BCUT2D eigenvalue weighted by molar-refractivity contribution is 6.07. The summed E-state index contributed by atoms with van der Waals surface area (Å²) in [5.41, 5.74) is 4.96. The third-order valence-electron chi connectivity index (χ3n) is 5.79. The highest BCUT2D eigenvalue weighted by Gasteiger charge is 2.46. The van der Waals surface area contributed by atoms with Gasteiger partial charge in [-0.2, -0.15) is 0 Å². The first-order valence-electron chi connectivity index (χ1n) is 10.5. The molecule has 1 saturated carbocycles. The van der Waals surface area contributed by atoms with E-state index in [0.717, 1.165) is 19.3 Å². The minimum absolute atomic E-state index is 0.188. The number of nitrogens with one attached hydrogen (secondary N) is 1. The minimum atomic E-state index is -1.27. The summed E-state index contributed by atoms with van der Waals surface area (Å²) in [7, 11) is 1.57. The normalized spacial score (nSPS) is 16.3. The first-order chi connectivity index (χ1) is 14.9. The number of hydrogen-bond donors (Lipinski definition) is 2. The van der Waals surface area contributed by atoms with Crippen LogP contribution in [0, 0.1) is 5.41 Å². The SMILES string of the molecule is CCC[C@H](NC(=O)C1(C(N)=O)CCCCC1)C(=O)c1nnc(-c2ccc(OC)cc2)o1. The van der Waals surface area contributed by atoms with Crippen molar-refractivity contribution in [3.63, 3.8) is 0 Å². The molecule has 1 fully saturated rings. The van der Waals surface area contributed by atoms with Crippen LogP contribution in [0.1, 0.15) is 62.6 Å². The zero-order valence-electron chi connectivity index (χ0n) is 17.8. The number of hydrogen-bond acceptors (Lipinski definition) is 7. The Bertz CT molecular complexity index is 932. The maximum atomic E-state index is 13.0. The van der Waals surface area contributed by atoms with E-state index in [1.807, 2.05) is 6.92 Å². The molecule has 3 rings (SSSR count). The molecule has 1 aliphatic rings. The van der Waals surface area contributed by atoms with Gasteiger partial charge in [-0.25, -0.2) is 0 Å². The van der Waals surface area contributed by atoms with Gasteiger partial charge in [0.05, 0.1) is 13.2 Å². The molecule has 1 aromatic carbocycles. The Morgan fingerprint density at radius 2 is 1.84 bits per heavy atom. The second-order valence-corrected chi connectivity index (χ2v) is 7.83. The van der Waals surface area contributed by atoms with E-state index in [1.165, 1.54) is 0 Å². The number of nitrogens with two attached hydrogens (primary N) is 1. The largest absolute Gasteiger partial charge is 0.497 e. The van der Waals surface area contributed by atoms with Gasteiger partial charge in [-0.1, -0.05) is 32.6 Å². The Morgan fingerprint density at radius 3 is 2.42 bits per heavy atom. The quantitative estimate of drug-likeness (QED) is 0.462. The average Bonchev–Trinajstić information content (AvgIpc) is 3.29. The van der Waals surface area contributed by atoms with Gasteiger partial charge in [0, 0.05) is 5.56 Å². The summed E-state index contributed by atoms with van der Waals surface area (Å²) in [6.07, 6.45) is 4.25. The summed E-state index contributed by atoms with van der Waals surface area (Å²) >= 11 is 0. The summed E-state index contributed by atoms with van der Waals surface area (Å²) in [4.78, 5) is 38.2. The summed E-state index contributed by atoms with van der Waals surface area (Å²) in [6.45, 7) is 1.90. The Labute approximate surface area is 180 Å². The van der Waals surface area contributed by atoms with Gasteiger partial charge < -0.3 is 20.2 Å². The van der Waals surface area contributed by atoms with Crippen LogP contribution in [0.15, 0.2) is 28.7 Å². The Kier molecular flexibility index (Phi) is 7.04. The third kappa shape index (κ3) is 4.76. The molecule has 0 unspecified atom stereocenters. The van der Waals surface area contributed by atoms with Gasteiger partial charge in [0.1, 0.15) is 11.2 Å². The zero-order chi connectivity index (χ0) is 22.4. The summed E-state index contributed by atoms with van der Waals surface area (Å²) < 4.78 is 10.7. The number of rotatable bonds is 9. The van der Waals surface area contributed by atoms with E-state index in [2.05, 4.69) is 15.5 Å². The molecule has 166 valence electrons. The number of Topliss-reactive ketones (excluding diaryl/α,β-unsaturated/α-hetero) is 1. The molecule has 0 aliphatic heterocycles. The van der Waals surface area contributed by atoms with Crippen molar-refractivity contribution in [1.29, 1.82) is 0 Å². The highest BCUT2D eigenvalue weighted by atomic mass is 16.5. The maximum Gasteiger partial charge on any atom is 0.286 e. The Balaban J connectivity index is 1.78. The summed E-state index contributed by atoms with van der Waals surface area (Å²) in [5, 5.41) is 10.6. The first-order valence-corrected chi connectivity index (χ1v) is 10.5. The van der Waals surface area contributed by atoms with Gasteiger partial charge in [-0.15, -0.1) is 10.2 Å². The molecule has 2 aromatic rings. The summed E-state index contributed by atoms with van der Waals surface area (Å²) in [6, 6.07) is 6.10. The van der Waals surface area contributed by atoms with Crippen molar-refractivity contribution in [2.75, 3.05) is 7.11 Å². The predicted octanol–water partition coefficient (Wildman–Crippen LogP) is 2.65. The molecule has 31 heavy (non-hydrogen) atoms. The van der Waals surface area contributed by atoms with E-state index in [1.54, 1.807) is 31.4 Å². The molecule has 3 N–H and O–H groups in total. The number of benzene rings is 1. The molecule has 2 amide bonds. The van der Waals surface area contributed by atoms with Crippen molar-refractivity contribution in [1.82, 2.24) is 15.5 Å². The second kappa shape index (κ2) is 9.72. The number of methoxy groups -OCH3 is 1. The number of amides is 2. The van der Waals surface area contributed by atoms with E-state index in [0.29, 0.717) is 37.0 Å². The molecular formula is C22H28N4O5. The predicted molar refractivity (Wildman–Crippen MR) is 112 cm³/mol. The molecule has 9 heteroatoms. The van der Waals surface area contributed by atoms with Crippen LogP contribution in [0.5, 0.6) is 5.75 Å². The molecule has 0 spiro atoms. The van der Waals surface area contributed by atoms with Crippen molar-refractivity contribution >= 4 is 17.6 Å². The Morgan fingerprint density at radius 1 is 1.16 bits per heavy atom. The average molecular weight is 428 g/mol. The van der Waals surface area contributed by atoms with Crippen molar-refractivity contribution in [2.45, 2.75) is 57.9 Å². The van der Waals surface area contributed by atoms with E-state index < -0.39 is 29.1 Å². The molecule has 0 saturated heterocycles. The lowest BCUT2D eigenvalue weighted by Crippen LogP contribution is -2.54. The van der Waals surface area contributed by atoms with E-state index in [-0.39, 0.29) is 11.8 Å². The van der Waals surface area contributed by atoms with Gasteiger partial charge in [0.25, 0.3) is 5.89 Å². The standard InChI is InChI=1S/C22H28N4O5/c1-3-7-16(24-21(29)22(20(23)28)12-5-4-6-13-22)17(27)19-26-25-18(31-19)14-8-10-15(30-2)11-9-14/h8-11,16H,3-7,12-13H2,1-2H3,(H2,23,28)(H,24,29)/t16-/m0/s1. The van der Waals surface area contributed by atoms with Crippen LogP contribution in [0.2, 0.25) is 0 Å². The second-order valence-electron chi connectivity index (χ2n) is 7.83. The molecule has 1 heterocycles. The van der Waals surface area contributed by atoms with E-state index >= 15 is 0 Å². The smallest absolute Gasteiger partial charge is 0.286 e. The van der Waals surface area contributed by atoms with Crippen LogP contribution in [0.4, 0.5) is 0 Å². The van der Waals surface area contributed by atoms with Gasteiger partial charge >= 0.3 is 0 Å². The van der Waals surface area contributed by atoms with E-state index in [4.69, 9.17) is 14.9 Å². The molecule has 1 aliphatic carbocycles. The number of ether oxygens (including phenoxy) is 1. The van der Waals surface area contributed by atoms with Gasteiger partial charge in [0.2, 0.25) is 23.5 Å². The van der Waals surface area contributed by atoms with Crippen molar-refractivity contribution in [3.8, 4) is 17.2 Å². The van der Waals surface area contributed by atoms with Crippen LogP contribution >= 0.6 is 0 Å². The van der Waals surface area contributed by atoms with Gasteiger partial charge in [0.15, 0.2) is 0 Å². The lowest BCUT2D eigenvalue weighted by molar-refractivity contribution is -0.144. The number of carbonyl (C=O) groups excluding carboxylic acids is 3. The number of carbonyl (C=O) groups is 3. The van der Waals surface area contributed by atoms with Crippen LogP contribution in [-0.4, -0.2) is 40.9 Å². The van der Waals surface area contributed by atoms with Crippen LogP contribution < -0.4 is 15.8 Å². The topological polar surface area (TPSA) is 137 Å². The first kappa shape index (κ1) is 22.5. The lowest BCUT2D eigenvalue weighted by atomic mass is 9.72. The molecule has 1 atom stereocenters. The molecule has 1 aromatic heterocycles. The number of ketones is 1. The molecule has 0 radical (unpaired) electrons. The van der Waals surface area contributed by atoms with Gasteiger partial charge in [-0.3, -0.25) is 14.4 Å². The Hall–Kier alpha value is -3.23. The van der Waals surface area contributed by atoms with Crippen molar-refractivity contribution in [2.24, 2.45) is 11.1 Å². The molecular weight excluding hydrogens is 400 g/mol. The van der Waals surface area contributed by atoms with Crippen LogP contribution in [0.3, 0.4) is 0 Å². The monoisotopic (exact) mass is 428 g/mol. The fourth-order valence-electron chi connectivity index (χ4n) is 3.92. The maximum absolute atomic E-state index is 13.0. The van der Waals surface area contributed by atoms with E-state index in [9.17, 15) is 14.4 Å². The summed E-state index contributed by atoms with van der Waals surface area (Å²) in [5.74, 6) is -0.961. The zero-order valence-corrected chi connectivity index (χ0v) is 17.8. The number of aromatic nitrogens is 2. The number of primary amides is 1. The molecule has 0 bridgehead atoms. The molecule has 9 nitrogen and oxygen atoms in total. The van der Waals surface area contributed by atoms with Crippen molar-refractivity contribution < 1.29 is 23.5 Å².